The number of H-pyrrole nitrogens is 1. The number of ether oxygens (including phenoxy) is 2. The number of imidazole rings is 1. The number of aryl methyl sites for hydroxylation is 2. The van der Waals surface area contributed by atoms with Crippen LogP contribution in [0.3, 0.4) is 0 Å². The Hall–Kier alpha value is -2.58. The summed E-state index contributed by atoms with van der Waals surface area (Å²) in [4.78, 5) is 7.93. The molecule has 0 fully saturated rings. The summed E-state index contributed by atoms with van der Waals surface area (Å²) in [6, 6.07) is 18.5. The fourth-order valence-electron chi connectivity index (χ4n) is 3.53. The molecule has 34 heavy (non-hydrogen) atoms. The number of allylic oxidation sites excluding steroid dienone is 1. The number of nitrogens with zero attached hydrogens (tertiary/aromatic N) is 2. The van der Waals surface area contributed by atoms with Crippen LogP contribution in [0.15, 0.2) is 48.5 Å². The molecule has 0 saturated heterocycles. The standard InChI is InChI=1S/C27H23I2N3O2/c1-4-33-25-13-19(12-22(29)26(25)34-15-18-5-7-21(28)8-6-18)11-20(14-30)27-31-23-9-16(2)17(3)10-24(23)32-27/h5-13H,4,15H2,1-3H3,(H,31,32)/b20-11+. The molecule has 1 heterocycles. The maximum atomic E-state index is 9.86. The summed E-state index contributed by atoms with van der Waals surface area (Å²) < 4.78 is 14.1. The predicted molar refractivity (Wildman–Crippen MR) is 153 cm³/mol. The minimum Gasteiger partial charge on any atom is -0.490 e. The second-order valence-electron chi connectivity index (χ2n) is 7.89. The quantitative estimate of drug-likeness (QED) is 0.164. The zero-order valence-corrected chi connectivity index (χ0v) is 23.4. The molecule has 7 heteroatoms. The molecular weight excluding hydrogens is 652 g/mol. The van der Waals surface area contributed by atoms with Gasteiger partial charge in [-0.25, -0.2) is 4.98 Å². The Morgan fingerprint density at radius 3 is 2.50 bits per heavy atom. The minimum absolute atomic E-state index is 0.448. The Morgan fingerprint density at radius 2 is 1.79 bits per heavy atom. The number of benzene rings is 3. The second-order valence-corrected chi connectivity index (χ2v) is 10.3. The van der Waals surface area contributed by atoms with Crippen molar-refractivity contribution < 1.29 is 9.47 Å². The lowest BCUT2D eigenvalue weighted by Gasteiger charge is -2.15. The molecule has 0 amide bonds. The topological polar surface area (TPSA) is 70.9 Å². The number of aromatic nitrogens is 2. The van der Waals surface area contributed by atoms with E-state index in [9.17, 15) is 5.26 Å². The van der Waals surface area contributed by atoms with Gasteiger partial charge in [0, 0.05) is 3.57 Å². The van der Waals surface area contributed by atoms with E-state index >= 15 is 0 Å². The van der Waals surface area contributed by atoms with Crippen LogP contribution in [0.2, 0.25) is 0 Å². The summed E-state index contributed by atoms with van der Waals surface area (Å²) in [5.74, 6) is 1.90. The molecule has 0 atom stereocenters. The highest BCUT2D eigenvalue weighted by atomic mass is 127. The first kappa shape index (κ1) is 24.5. The van der Waals surface area contributed by atoms with Gasteiger partial charge in [-0.05, 0) is 131 Å². The number of aromatic amines is 1. The number of halogens is 2. The van der Waals surface area contributed by atoms with E-state index in [4.69, 9.17) is 9.47 Å². The van der Waals surface area contributed by atoms with Gasteiger partial charge >= 0.3 is 0 Å². The number of hydrogen-bond acceptors (Lipinski definition) is 4. The van der Waals surface area contributed by atoms with Crippen LogP contribution < -0.4 is 9.47 Å². The van der Waals surface area contributed by atoms with Crippen molar-refractivity contribution in [2.45, 2.75) is 27.4 Å². The molecule has 0 aliphatic carbocycles. The number of rotatable bonds is 7. The van der Waals surface area contributed by atoms with Crippen molar-refractivity contribution >= 4 is 67.9 Å². The smallest absolute Gasteiger partial charge is 0.175 e. The first-order valence-electron chi connectivity index (χ1n) is 10.8. The van der Waals surface area contributed by atoms with Crippen LogP contribution in [-0.2, 0) is 6.61 Å². The van der Waals surface area contributed by atoms with Crippen molar-refractivity contribution in [2.75, 3.05) is 6.61 Å². The Kier molecular flexibility index (Phi) is 7.78. The van der Waals surface area contributed by atoms with Gasteiger partial charge in [0.05, 0.1) is 26.8 Å². The van der Waals surface area contributed by atoms with E-state index in [1.54, 1.807) is 0 Å². The van der Waals surface area contributed by atoms with Crippen molar-refractivity contribution in [3.63, 3.8) is 0 Å². The lowest BCUT2D eigenvalue weighted by molar-refractivity contribution is 0.267. The van der Waals surface area contributed by atoms with E-state index in [0.717, 1.165) is 25.7 Å². The lowest BCUT2D eigenvalue weighted by atomic mass is 10.1. The molecule has 4 aromatic rings. The Bertz CT molecular complexity index is 1380. The monoisotopic (exact) mass is 675 g/mol. The summed E-state index contributed by atoms with van der Waals surface area (Å²) in [5, 5.41) is 9.86. The van der Waals surface area contributed by atoms with Crippen LogP contribution in [0.25, 0.3) is 22.7 Å². The molecule has 172 valence electrons. The average molecular weight is 675 g/mol. The first-order chi connectivity index (χ1) is 16.4. The SMILES string of the molecule is CCOc1cc(/C=C(\C#N)c2nc3cc(C)c(C)cc3[nH]2)cc(I)c1OCc1ccc(I)cc1. The fourth-order valence-corrected chi connectivity index (χ4v) is 4.67. The lowest BCUT2D eigenvalue weighted by Crippen LogP contribution is -2.02. The molecule has 0 bridgehead atoms. The average Bonchev–Trinajstić information content (AvgIpc) is 3.21. The molecule has 0 radical (unpaired) electrons. The van der Waals surface area contributed by atoms with Gasteiger partial charge in [0.25, 0.3) is 0 Å². The molecule has 5 nitrogen and oxygen atoms in total. The molecule has 0 aliphatic heterocycles. The van der Waals surface area contributed by atoms with Gasteiger partial charge in [0.2, 0.25) is 0 Å². The van der Waals surface area contributed by atoms with Gasteiger partial charge < -0.3 is 14.5 Å². The maximum absolute atomic E-state index is 9.86. The first-order valence-corrected chi connectivity index (χ1v) is 13.0. The predicted octanol–water partition coefficient (Wildman–Crippen LogP) is 7.43. The highest BCUT2D eigenvalue weighted by Gasteiger charge is 2.14. The van der Waals surface area contributed by atoms with Gasteiger partial charge in [-0.15, -0.1) is 0 Å². The molecule has 0 saturated carbocycles. The molecule has 0 spiro atoms. The van der Waals surface area contributed by atoms with Gasteiger partial charge in [-0.3, -0.25) is 0 Å². The van der Waals surface area contributed by atoms with Crippen molar-refractivity contribution in [3.8, 4) is 17.6 Å². The molecule has 0 aliphatic rings. The largest absolute Gasteiger partial charge is 0.490 e. The third kappa shape index (κ3) is 5.55. The van der Waals surface area contributed by atoms with Crippen LogP contribution in [0.4, 0.5) is 0 Å². The molecule has 1 N–H and O–H groups in total. The van der Waals surface area contributed by atoms with Crippen molar-refractivity contribution in [2.24, 2.45) is 0 Å². The Morgan fingerprint density at radius 1 is 1.06 bits per heavy atom. The second kappa shape index (κ2) is 10.8. The van der Waals surface area contributed by atoms with Gasteiger partial charge in [-0.2, -0.15) is 5.26 Å². The van der Waals surface area contributed by atoms with Crippen molar-refractivity contribution in [3.05, 3.63) is 83.7 Å². The normalized spacial score (nSPS) is 11.5. The van der Waals surface area contributed by atoms with Gasteiger partial charge in [-0.1, -0.05) is 12.1 Å². The van der Waals surface area contributed by atoms with Crippen LogP contribution >= 0.6 is 45.2 Å². The van der Waals surface area contributed by atoms with Crippen LogP contribution in [-0.4, -0.2) is 16.6 Å². The summed E-state index contributed by atoms with van der Waals surface area (Å²) in [6.07, 6.45) is 1.82. The van der Waals surface area contributed by atoms with Crippen LogP contribution in [0.5, 0.6) is 11.5 Å². The third-order valence-corrected chi connectivity index (χ3v) is 6.93. The number of nitrogens with one attached hydrogen (secondary N) is 1. The van der Waals surface area contributed by atoms with E-state index in [-0.39, 0.29) is 0 Å². The fraction of sp³-hybridized carbons (Fsp3) is 0.185. The molecule has 0 unspecified atom stereocenters. The number of hydrogen-bond donors (Lipinski definition) is 1. The number of fused-ring (bicyclic) bond motifs is 1. The number of nitriles is 1. The highest BCUT2D eigenvalue weighted by molar-refractivity contribution is 14.1. The minimum atomic E-state index is 0.448. The van der Waals surface area contributed by atoms with E-state index < -0.39 is 0 Å². The van der Waals surface area contributed by atoms with Crippen molar-refractivity contribution in [1.82, 2.24) is 9.97 Å². The zero-order valence-electron chi connectivity index (χ0n) is 19.1. The van der Waals surface area contributed by atoms with Crippen LogP contribution in [0, 0.1) is 32.3 Å². The highest BCUT2D eigenvalue weighted by Crippen LogP contribution is 2.36. The van der Waals surface area contributed by atoms with E-state index in [1.807, 2.05) is 31.2 Å². The summed E-state index contributed by atoms with van der Waals surface area (Å²) in [5.41, 5.74) is 6.51. The van der Waals surface area contributed by atoms with Gasteiger partial charge in [0.15, 0.2) is 11.5 Å². The maximum Gasteiger partial charge on any atom is 0.175 e. The summed E-state index contributed by atoms with van der Waals surface area (Å²) in [6.45, 7) is 7.02. The van der Waals surface area contributed by atoms with Gasteiger partial charge in [0.1, 0.15) is 18.5 Å². The van der Waals surface area contributed by atoms with E-state index in [1.165, 1.54) is 14.7 Å². The molecule has 4 rings (SSSR count). The summed E-state index contributed by atoms with van der Waals surface area (Å²) in [7, 11) is 0. The van der Waals surface area contributed by atoms with Crippen LogP contribution in [0.1, 0.15) is 35.0 Å². The third-order valence-electron chi connectivity index (χ3n) is 5.41. The Balaban J connectivity index is 1.66. The van der Waals surface area contributed by atoms with Crippen molar-refractivity contribution in [1.29, 1.82) is 5.26 Å². The van der Waals surface area contributed by atoms with E-state index in [2.05, 4.69) is 105 Å². The molecule has 1 aromatic heterocycles. The zero-order chi connectivity index (χ0) is 24.2. The van der Waals surface area contributed by atoms with E-state index in [0.29, 0.717) is 36.1 Å². The Labute approximate surface area is 226 Å². The summed E-state index contributed by atoms with van der Waals surface area (Å²) >= 11 is 4.54. The molecule has 3 aromatic carbocycles. The molecular formula is C27H23I2N3O2.